The molecule has 2 aromatic rings. The van der Waals surface area contributed by atoms with E-state index < -0.39 is 17.4 Å². The number of nitrogens with zero attached hydrogens (tertiary/aromatic N) is 2. The summed E-state index contributed by atoms with van der Waals surface area (Å²) in [5, 5.41) is 2.81. The maximum Gasteiger partial charge on any atom is 0.191 e. The maximum absolute atomic E-state index is 13.3. The lowest BCUT2D eigenvalue weighted by atomic mass is 10.3. The minimum atomic E-state index is -0.741. The fourth-order valence-corrected chi connectivity index (χ4v) is 1.32. The van der Waals surface area contributed by atoms with Gasteiger partial charge in [0.15, 0.2) is 17.4 Å². The fourth-order valence-electron chi connectivity index (χ4n) is 1.32. The molecule has 0 aliphatic heterocycles. The average molecular weight is 251 g/mol. The number of nitrogens with one attached hydrogen (secondary N) is 1. The monoisotopic (exact) mass is 251 g/mol. The van der Waals surface area contributed by atoms with Gasteiger partial charge in [-0.2, -0.15) is 0 Å². The summed E-state index contributed by atoms with van der Waals surface area (Å²) < 4.78 is 31.6. The van der Waals surface area contributed by atoms with Crippen LogP contribution in [0.2, 0.25) is 0 Å². The number of ether oxygens (including phenoxy) is 1. The quantitative estimate of drug-likeness (QED) is 0.906. The highest BCUT2D eigenvalue weighted by molar-refractivity contribution is 5.30. The van der Waals surface area contributed by atoms with Crippen LogP contribution in [0, 0.1) is 11.6 Å². The molecule has 0 unspecified atom stereocenters. The first-order chi connectivity index (χ1) is 8.70. The zero-order valence-corrected chi connectivity index (χ0v) is 9.65. The van der Waals surface area contributed by atoms with Crippen LogP contribution in [-0.4, -0.2) is 17.0 Å². The number of benzene rings is 1. The summed E-state index contributed by atoms with van der Waals surface area (Å²) in [7, 11) is 1.72. The van der Waals surface area contributed by atoms with Crippen LogP contribution in [0.15, 0.2) is 30.6 Å². The van der Waals surface area contributed by atoms with E-state index in [0.29, 0.717) is 11.5 Å². The smallest absolute Gasteiger partial charge is 0.191 e. The molecule has 4 nitrogen and oxygen atoms in total. The van der Waals surface area contributed by atoms with E-state index in [-0.39, 0.29) is 6.61 Å². The Kier molecular flexibility index (Phi) is 3.66. The predicted octanol–water partition coefficient (Wildman–Crippen LogP) is 2.38. The molecule has 94 valence electrons. The predicted molar refractivity (Wildman–Crippen MR) is 62.3 cm³/mol. The van der Waals surface area contributed by atoms with Gasteiger partial charge in [0.05, 0.1) is 18.1 Å². The van der Waals surface area contributed by atoms with E-state index in [9.17, 15) is 8.78 Å². The Morgan fingerprint density at radius 2 is 1.89 bits per heavy atom. The van der Waals surface area contributed by atoms with E-state index in [4.69, 9.17) is 4.74 Å². The summed E-state index contributed by atoms with van der Waals surface area (Å²) in [6.07, 6.45) is 2.99. The van der Waals surface area contributed by atoms with Crippen molar-refractivity contribution in [2.45, 2.75) is 6.61 Å². The first-order valence-electron chi connectivity index (χ1n) is 5.26. The highest BCUT2D eigenvalue weighted by Crippen LogP contribution is 2.21. The summed E-state index contributed by atoms with van der Waals surface area (Å²) in [4.78, 5) is 8.04. The number of hydrogen-bond acceptors (Lipinski definition) is 4. The summed E-state index contributed by atoms with van der Waals surface area (Å²) in [5.74, 6) is -1.28. The molecule has 0 saturated carbocycles. The second-order valence-corrected chi connectivity index (χ2v) is 3.48. The van der Waals surface area contributed by atoms with Crippen molar-refractivity contribution in [2.75, 3.05) is 12.4 Å². The highest BCUT2D eigenvalue weighted by atomic mass is 19.1. The third kappa shape index (κ3) is 2.71. The highest BCUT2D eigenvalue weighted by Gasteiger charge is 2.10. The molecule has 1 N–H and O–H groups in total. The second-order valence-electron chi connectivity index (χ2n) is 3.48. The van der Waals surface area contributed by atoms with Gasteiger partial charge < -0.3 is 10.1 Å². The molecule has 6 heteroatoms. The number of anilines is 1. The number of halogens is 2. The van der Waals surface area contributed by atoms with Gasteiger partial charge >= 0.3 is 0 Å². The van der Waals surface area contributed by atoms with Crippen LogP contribution < -0.4 is 10.1 Å². The van der Waals surface area contributed by atoms with Crippen LogP contribution in [0.4, 0.5) is 14.6 Å². The fraction of sp³-hybridized carbons (Fsp3) is 0.167. The first kappa shape index (κ1) is 12.2. The Bertz CT molecular complexity index is 511. The Labute approximate surface area is 103 Å². The van der Waals surface area contributed by atoms with Gasteiger partial charge in [0.2, 0.25) is 0 Å². The Hall–Kier alpha value is -2.24. The number of para-hydroxylation sites is 1. The van der Waals surface area contributed by atoms with Gasteiger partial charge in [0.25, 0.3) is 0 Å². The van der Waals surface area contributed by atoms with Gasteiger partial charge in [-0.25, -0.2) is 13.8 Å². The molecular formula is C12H11F2N3O. The zero-order valence-electron chi connectivity index (χ0n) is 9.65. The third-order valence-electron chi connectivity index (χ3n) is 2.24. The molecule has 2 rings (SSSR count). The summed E-state index contributed by atoms with van der Waals surface area (Å²) >= 11 is 0. The van der Waals surface area contributed by atoms with Crippen molar-refractivity contribution >= 4 is 5.82 Å². The molecule has 0 atom stereocenters. The van der Waals surface area contributed by atoms with Gasteiger partial charge in [-0.15, -0.1) is 0 Å². The molecule has 0 aliphatic carbocycles. The molecule has 0 spiro atoms. The molecule has 18 heavy (non-hydrogen) atoms. The Morgan fingerprint density at radius 3 is 2.44 bits per heavy atom. The molecular weight excluding hydrogens is 240 g/mol. The van der Waals surface area contributed by atoms with Crippen molar-refractivity contribution < 1.29 is 13.5 Å². The Morgan fingerprint density at radius 1 is 1.17 bits per heavy atom. The topological polar surface area (TPSA) is 47.0 Å². The van der Waals surface area contributed by atoms with E-state index >= 15 is 0 Å². The zero-order chi connectivity index (χ0) is 13.0. The standard InChI is InChI=1S/C12H11F2N3O/c1-15-11-6-16-8(5-17-11)7-18-12-9(13)3-2-4-10(12)14/h2-6H,7H2,1H3,(H,15,17). The van der Waals surface area contributed by atoms with Crippen molar-refractivity contribution in [3.63, 3.8) is 0 Å². The molecule has 1 aromatic carbocycles. The van der Waals surface area contributed by atoms with Crippen LogP contribution in [0.5, 0.6) is 5.75 Å². The first-order valence-corrected chi connectivity index (χ1v) is 5.26. The lowest BCUT2D eigenvalue weighted by Crippen LogP contribution is -2.03. The molecule has 0 amide bonds. The van der Waals surface area contributed by atoms with E-state index in [1.54, 1.807) is 7.05 Å². The van der Waals surface area contributed by atoms with E-state index in [0.717, 1.165) is 12.1 Å². The molecule has 1 heterocycles. The molecule has 0 radical (unpaired) electrons. The summed E-state index contributed by atoms with van der Waals surface area (Å²) in [6.45, 7) is -0.0468. The van der Waals surface area contributed by atoms with E-state index in [2.05, 4.69) is 15.3 Å². The molecule has 0 saturated heterocycles. The molecule has 0 bridgehead atoms. The minimum Gasteiger partial charge on any atom is -0.481 e. The van der Waals surface area contributed by atoms with Gasteiger partial charge in [-0.1, -0.05) is 6.07 Å². The SMILES string of the molecule is CNc1cnc(COc2c(F)cccc2F)cn1. The Balaban J connectivity index is 2.06. The van der Waals surface area contributed by atoms with Crippen LogP contribution in [0.3, 0.4) is 0 Å². The van der Waals surface area contributed by atoms with Crippen molar-refractivity contribution in [1.82, 2.24) is 9.97 Å². The normalized spacial score (nSPS) is 10.2. The van der Waals surface area contributed by atoms with Crippen molar-refractivity contribution in [3.8, 4) is 5.75 Å². The number of rotatable bonds is 4. The van der Waals surface area contributed by atoms with Gasteiger partial charge in [0.1, 0.15) is 12.4 Å². The van der Waals surface area contributed by atoms with E-state index in [1.165, 1.54) is 18.5 Å². The van der Waals surface area contributed by atoms with Crippen LogP contribution in [0.1, 0.15) is 5.69 Å². The largest absolute Gasteiger partial charge is 0.481 e. The summed E-state index contributed by atoms with van der Waals surface area (Å²) in [6, 6.07) is 3.54. The van der Waals surface area contributed by atoms with Crippen LogP contribution >= 0.6 is 0 Å². The minimum absolute atomic E-state index is 0.0468. The van der Waals surface area contributed by atoms with Crippen LogP contribution in [-0.2, 0) is 6.61 Å². The van der Waals surface area contributed by atoms with Crippen molar-refractivity contribution in [2.24, 2.45) is 0 Å². The van der Waals surface area contributed by atoms with Crippen LogP contribution in [0.25, 0.3) is 0 Å². The maximum atomic E-state index is 13.3. The summed E-state index contributed by atoms with van der Waals surface area (Å²) in [5.41, 5.74) is 0.483. The number of hydrogen-bond donors (Lipinski definition) is 1. The van der Waals surface area contributed by atoms with E-state index in [1.807, 2.05) is 0 Å². The van der Waals surface area contributed by atoms with Gasteiger partial charge in [0, 0.05) is 7.05 Å². The molecule has 1 aromatic heterocycles. The second kappa shape index (κ2) is 5.39. The van der Waals surface area contributed by atoms with Gasteiger partial charge in [-0.05, 0) is 12.1 Å². The molecule has 0 aliphatic rings. The molecule has 0 fully saturated rings. The third-order valence-corrected chi connectivity index (χ3v) is 2.24. The lowest BCUT2D eigenvalue weighted by Gasteiger charge is -2.07. The van der Waals surface area contributed by atoms with Crippen molar-refractivity contribution in [1.29, 1.82) is 0 Å². The average Bonchev–Trinajstić information content (AvgIpc) is 2.39. The lowest BCUT2D eigenvalue weighted by molar-refractivity contribution is 0.270. The number of aromatic nitrogens is 2. The van der Waals surface area contributed by atoms with Crippen molar-refractivity contribution in [3.05, 3.63) is 47.9 Å². The van der Waals surface area contributed by atoms with Gasteiger partial charge in [-0.3, -0.25) is 4.98 Å².